The molecule has 0 saturated heterocycles. The molecule has 5 nitrogen and oxygen atoms in total. The Labute approximate surface area is 177 Å². The standard InChI is InChI=1S/C21H24F5N3O2/c1-27-20(29-11-17-3-2-4-18(9-17)31-13-19(22)23)28-10-15-5-7-16(8-6-15)12-30-14-21(24,25)26/h2-9,19H,10-14H2,1H3,(H2,27,28,29). The van der Waals surface area contributed by atoms with Gasteiger partial charge >= 0.3 is 6.18 Å². The lowest BCUT2D eigenvalue weighted by Gasteiger charge is -2.13. The zero-order valence-electron chi connectivity index (χ0n) is 16.9. The van der Waals surface area contributed by atoms with Crippen molar-refractivity contribution in [3.63, 3.8) is 0 Å². The number of halogens is 5. The first-order valence-electron chi connectivity index (χ1n) is 9.42. The number of nitrogens with one attached hydrogen (secondary N) is 2. The summed E-state index contributed by atoms with van der Waals surface area (Å²) in [5.41, 5.74) is 2.38. The van der Waals surface area contributed by atoms with Crippen LogP contribution in [0.1, 0.15) is 16.7 Å². The van der Waals surface area contributed by atoms with E-state index in [0.717, 1.165) is 11.1 Å². The maximum absolute atomic E-state index is 12.3. The first-order chi connectivity index (χ1) is 14.7. The molecule has 0 saturated carbocycles. The van der Waals surface area contributed by atoms with Crippen molar-refractivity contribution in [2.75, 3.05) is 20.3 Å². The quantitative estimate of drug-likeness (QED) is 0.326. The SMILES string of the molecule is CN=C(NCc1ccc(COCC(F)(F)F)cc1)NCc1cccc(OCC(F)F)c1. The molecule has 0 aromatic heterocycles. The Morgan fingerprint density at radius 3 is 2.23 bits per heavy atom. The van der Waals surface area contributed by atoms with Crippen LogP contribution in [0.3, 0.4) is 0 Å². The fourth-order valence-corrected chi connectivity index (χ4v) is 2.53. The maximum atomic E-state index is 12.3. The van der Waals surface area contributed by atoms with Crippen LogP contribution in [0.5, 0.6) is 5.75 Å². The van der Waals surface area contributed by atoms with E-state index in [1.54, 1.807) is 49.5 Å². The number of nitrogens with zero attached hydrogens (tertiary/aromatic N) is 1. The van der Waals surface area contributed by atoms with Crippen molar-refractivity contribution in [3.8, 4) is 5.75 Å². The predicted molar refractivity (Wildman–Crippen MR) is 107 cm³/mol. The van der Waals surface area contributed by atoms with Gasteiger partial charge < -0.3 is 20.1 Å². The lowest BCUT2D eigenvalue weighted by Crippen LogP contribution is -2.36. The van der Waals surface area contributed by atoms with Crippen LogP contribution >= 0.6 is 0 Å². The van der Waals surface area contributed by atoms with Gasteiger partial charge in [0.05, 0.1) is 6.61 Å². The average Bonchev–Trinajstić information content (AvgIpc) is 2.73. The van der Waals surface area contributed by atoms with Crippen LogP contribution in [0.15, 0.2) is 53.5 Å². The van der Waals surface area contributed by atoms with Crippen molar-refractivity contribution >= 4 is 5.96 Å². The van der Waals surface area contributed by atoms with Crippen LogP contribution in [0.25, 0.3) is 0 Å². The van der Waals surface area contributed by atoms with Crippen molar-refractivity contribution in [1.82, 2.24) is 10.6 Å². The number of alkyl halides is 5. The Bertz CT molecular complexity index is 827. The van der Waals surface area contributed by atoms with Gasteiger partial charge in [0, 0.05) is 20.1 Å². The van der Waals surface area contributed by atoms with Crippen molar-refractivity contribution in [3.05, 3.63) is 65.2 Å². The number of guanidine groups is 1. The molecule has 31 heavy (non-hydrogen) atoms. The second-order valence-corrected chi connectivity index (χ2v) is 6.55. The minimum Gasteiger partial charge on any atom is -0.488 e. The Balaban J connectivity index is 1.77. The highest BCUT2D eigenvalue weighted by Crippen LogP contribution is 2.16. The molecular weight excluding hydrogens is 421 g/mol. The Morgan fingerprint density at radius 2 is 1.61 bits per heavy atom. The van der Waals surface area contributed by atoms with Crippen molar-refractivity contribution in [2.24, 2.45) is 4.99 Å². The number of rotatable bonds is 10. The molecule has 0 amide bonds. The summed E-state index contributed by atoms with van der Waals surface area (Å²) in [5, 5.41) is 6.23. The van der Waals surface area contributed by atoms with Crippen molar-refractivity contribution in [1.29, 1.82) is 0 Å². The highest BCUT2D eigenvalue weighted by Gasteiger charge is 2.27. The summed E-state index contributed by atoms with van der Waals surface area (Å²) in [6.45, 7) is -1.20. The zero-order valence-corrected chi connectivity index (χ0v) is 16.9. The molecule has 0 spiro atoms. The van der Waals surface area contributed by atoms with Gasteiger partial charge in [0.1, 0.15) is 19.0 Å². The minimum absolute atomic E-state index is 0.115. The molecule has 2 N–H and O–H groups in total. The molecular formula is C21H24F5N3O2. The summed E-state index contributed by atoms with van der Waals surface area (Å²) < 4.78 is 70.5. The second-order valence-electron chi connectivity index (χ2n) is 6.55. The molecule has 0 heterocycles. The number of benzene rings is 2. The largest absolute Gasteiger partial charge is 0.488 e. The smallest absolute Gasteiger partial charge is 0.411 e. The summed E-state index contributed by atoms with van der Waals surface area (Å²) in [4.78, 5) is 4.12. The third-order valence-electron chi connectivity index (χ3n) is 3.98. The molecule has 2 aromatic carbocycles. The normalized spacial score (nSPS) is 12.2. The van der Waals surface area contributed by atoms with Gasteiger partial charge in [-0.05, 0) is 28.8 Å². The first kappa shape index (κ1) is 24.4. The van der Waals surface area contributed by atoms with Crippen molar-refractivity contribution in [2.45, 2.75) is 32.3 Å². The Hall–Kier alpha value is -2.88. The molecule has 2 rings (SSSR count). The molecule has 0 unspecified atom stereocenters. The molecule has 0 radical (unpaired) electrons. The highest BCUT2D eigenvalue weighted by atomic mass is 19.4. The number of aliphatic imine (C=N–C) groups is 1. The van der Waals surface area contributed by atoms with Gasteiger partial charge in [-0.25, -0.2) is 8.78 Å². The van der Waals surface area contributed by atoms with E-state index < -0.39 is 25.8 Å². The van der Waals surface area contributed by atoms with Crippen LogP contribution in [0, 0.1) is 0 Å². The van der Waals surface area contributed by atoms with E-state index in [0.29, 0.717) is 30.4 Å². The summed E-state index contributed by atoms with van der Waals surface area (Å²) in [6, 6.07) is 13.8. The van der Waals surface area contributed by atoms with Gasteiger partial charge in [0.25, 0.3) is 6.43 Å². The fourth-order valence-electron chi connectivity index (χ4n) is 2.53. The van der Waals surface area contributed by atoms with Crippen LogP contribution < -0.4 is 15.4 Å². The maximum Gasteiger partial charge on any atom is 0.411 e. The molecule has 2 aromatic rings. The molecule has 0 bridgehead atoms. The van der Waals surface area contributed by atoms with E-state index in [1.807, 2.05) is 6.07 Å². The van der Waals surface area contributed by atoms with Crippen LogP contribution in [-0.2, 0) is 24.4 Å². The molecule has 0 aliphatic carbocycles. The average molecular weight is 445 g/mol. The van der Waals surface area contributed by atoms with Crippen LogP contribution in [0.4, 0.5) is 22.0 Å². The molecule has 0 atom stereocenters. The van der Waals surface area contributed by atoms with Crippen LogP contribution in [0.2, 0.25) is 0 Å². The fraction of sp³-hybridized carbons (Fsp3) is 0.381. The molecule has 0 fully saturated rings. The van der Waals surface area contributed by atoms with E-state index in [4.69, 9.17) is 4.74 Å². The summed E-state index contributed by atoms with van der Waals surface area (Å²) >= 11 is 0. The molecule has 10 heteroatoms. The topological polar surface area (TPSA) is 54.9 Å². The summed E-state index contributed by atoms with van der Waals surface area (Å²) in [5.74, 6) is 0.887. The lowest BCUT2D eigenvalue weighted by molar-refractivity contribution is -0.176. The number of hydrogen-bond acceptors (Lipinski definition) is 3. The van der Waals surface area contributed by atoms with E-state index in [1.165, 1.54) is 0 Å². The van der Waals surface area contributed by atoms with Gasteiger partial charge in [0.15, 0.2) is 5.96 Å². The Kier molecular flexibility index (Phi) is 9.51. The molecule has 0 aliphatic rings. The van der Waals surface area contributed by atoms with Gasteiger partial charge in [-0.15, -0.1) is 0 Å². The summed E-state index contributed by atoms with van der Waals surface area (Å²) in [7, 11) is 1.61. The highest BCUT2D eigenvalue weighted by molar-refractivity contribution is 5.79. The number of hydrogen-bond donors (Lipinski definition) is 2. The Morgan fingerprint density at radius 1 is 0.968 bits per heavy atom. The molecule has 0 aliphatic heterocycles. The number of ether oxygens (including phenoxy) is 2. The van der Waals surface area contributed by atoms with Gasteiger partial charge in [-0.3, -0.25) is 4.99 Å². The van der Waals surface area contributed by atoms with Gasteiger partial charge in [0.2, 0.25) is 0 Å². The van der Waals surface area contributed by atoms with E-state index in [2.05, 4.69) is 20.4 Å². The predicted octanol–water partition coefficient (Wildman–Crippen LogP) is 4.27. The first-order valence-corrected chi connectivity index (χ1v) is 9.42. The third kappa shape index (κ3) is 10.1. The van der Waals surface area contributed by atoms with E-state index in [9.17, 15) is 22.0 Å². The van der Waals surface area contributed by atoms with E-state index in [-0.39, 0.29) is 6.61 Å². The molecule has 170 valence electrons. The summed E-state index contributed by atoms with van der Waals surface area (Å²) in [6.07, 6.45) is -6.88. The van der Waals surface area contributed by atoms with E-state index >= 15 is 0 Å². The van der Waals surface area contributed by atoms with Crippen LogP contribution in [-0.4, -0.2) is 38.8 Å². The lowest BCUT2D eigenvalue weighted by atomic mass is 10.1. The van der Waals surface area contributed by atoms with Gasteiger partial charge in [-0.2, -0.15) is 13.2 Å². The minimum atomic E-state index is -4.34. The second kappa shape index (κ2) is 12.1. The monoisotopic (exact) mass is 445 g/mol. The zero-order chi connectivity index (χ0) is 22.7. The van der Waals surface area contributed by atoms with Crippen molar-refractivity contribution < 1.29 is 31.4 Å². The van der Waals surface area contributed by atoms with Gasteiger partial charge in [-0.1, -0.05) is 36.4 Å². The third-order valence-corrected chi connectivity index (χ3v) is 3.98.